The number of aromatic nitrogens is 1. The van der Waals surface area contributed by atoms with E-state index in [0.717, 1.165) is 26.2 Å². The highest BCUT2D eigenvalue weighted by Crippen LogP contribution is 2.26. The Balaban J connectivity index is 2.01. The van der Waals surface area contributed by atoms with E-state index in [4.69, 9.17) is 4.74 Å². The Morgan fingerprint density at radius 3 is 2.75 bits per heavy atom. The van der Waals surface area contributed by atoms with Gasteiger partial charge in [0.15, 0.2) is 0 Å². The molecule has 0 N–H and O–H groups in total. The van der Waals surface area contributed by atoms with Gasteiger partial charge in [-0.3, -0.25) is 10.1 Å². The summed E-state index contributed by atoms with van der Waals surface area (Å²) in [7, 11) is 3.33. The number of hydrogen-bond acceptors (Lipinski definition) is 6. The van der Waals surface area contributed by atoms with Gasteiger partial charge in [-0.15, -0.1) is 0 Å². The number of pyridine rings is 1. The first kappa shape index (κ1) is 14.5. The van der Waals surface area contributed by atoms with E-state index in [2.05, 4.69) is 9.88 Å². The molecule has 0 atom stereocenters. The summed E-state index contributed by atoms with van der Waals surface area (Å²) in [4.78, 5) is 18.9. The van der Waals surface area contributed by atoms with Crippen molar-refractivity contribution in [2.24, 2.45) is 0 Å². The van der Waals surface area contributed by atoms with Crippen LogP contribution < -0.4 is 9.64 Å². The lowest BCUT2D eigenvalue weighted by Gasteiger charge is -2.22. The monoisotopic (exact) mass is 280 g/mol. The lowest BCUT2D eigenvalue weighted by molar-refractivity contribution is -0.386. The van der Waals surface area contributed by atoms with Gasteiger partial charge in [0.05, 0.1) is 12.0 Å². The second kappa shape index (κ2) is 6.51. The fraction of sp³-hybridized carbons (Fsp3) is 0.615. The largest absolute Gasteiger partial charge is 0.476 e. The molecule has 2 rings (SSSR count). The molecule has 0 aromatic carbocycles. The quantitative estimate of drug-likeness (QED) is 0.581. The second-order valence-corrected chi connectivity index (χ2v) is 4.93. The highest BCUT2D eigenvalue weighted by molar-refractivity contribution is 5.50. The lowest BCUT2D eigenvalue weighted by Crippen LogP contribution is -2.31. The first-order chi connectivity index (χ1) is 9.61. The fourth-order valence-corrected chi connectivity index (χ4v) is 2.34. The van der Waals surface area contributed by atoms with Crippen LogP contribution in [0.4, 0.5) is 11.5 Å². The summed E-state index contributed by atoms with van der Waals surface area (Å²) in [6.45, 7) is 4.14. The molecule has 0 saturated carbocycles. The molecule has 7 nitrogen and oxygen atoms in total. The van der Waals surface area contributed by atoms with Crippen LogP contribution >= 0.6 is 0 Å². The van der Waals surface area contributed by atoms with E-state index in [1.165, 1.54) is 26.0 Å². The number of hydrogen-bond donors (Lipinski definition) is 0. The minimum Gasteiger partial charge on any atom is -0.476 e. The van der Waals surface area contributed by atoms with Gasteiger partial charge in [-0.25, -0.2) is 0 Å². The number of nitro groups is 1. The first-order valence-electron chi connectivity index (χ1n) is 6.74. The maximum absolute atomic E-state index is 10.8. The van der Waals surface area contributed by atoms with Crippen molar-refractivity contribution in [1.82, 2.24) is 9.88 Å². The van der Waals surface area contributed by atoms with E-state index >= 15 is 0 Å². The predicted molar refractivity (Wildman–Crippen MR) is 76.4 cm³/mol. The summed E-state index contributed by atoms with van der Waals surface area (Å²) in [5, 5.41) is 10.8. The van der Waals surface area contributed by atoms with Crippen molar-refractivity contribution < 1.29 is 9.66 Å². The number of anilines is 1. The molecule has 1 fully saturated rings. The van der Waals surface area contributed by atoms with Crippen molar-refractivity contribution in [2.45, 2.75) is 12.8 Å². The Labute approximate surface area is 118 Å². The van der Waals surface area contributed by atoms with Crippen LogP contribution in [-0.4, -0.2) is 55.1 Å². The van der Waals surface area contributed by atoms with Crippen LogP contribution in [0.5, 0.6) is 5.88 Å². The van der Waals surface area contributed by atoms with Crippen LogP contribution in [0.25, 0.3) is 0 Å². The number of nitrogens with zero attached hydrogens (tertiary/aromatic N) is 4. The van der Waals surface area contributed by atoms with Crippen molar-refractivity contribution in [3.8, 4) is 5.88 Å². The van der Waals surface area contributed by atoms with Gasteiger partial charge in [-0.1, -0.05) is 0 Å². The molecule has 1 aromatic rings. The van der Waals surface area contributed by atoms with Gasteiger partial charge in [0, 0.05) is 26.2 Å². The van der Waals surface area contributed by atoms with Gasteiger partial charge in [0.1, 0.15) is 5.82 Å². The zero-order chi connectivity index (χ0) is 14.5. The smallest absolute Gasteiger partial charge is 0.331 e. The molecule has 0 unspecified atom stereocenters. The third-order valence-electron chi connectivity index (χ3n) is 3.56. The lowest BCUT2D eigenvalue weighted by atomic mass is 10.3. The second-order valence-electron chi connectivity index (χ2n) is 4.93. The maximum atomic E-state index is 10.8. The number of rotatable bonds is 6. The number of methoxy groups -OCH3 is 1. The molecule has 0 amide bonds. The molecular weight excluding hydrogens is 260 g/mol. The Kier molecular flexibility index (Phi) is 4.73. The third kappa shape index (κ3) is 3.36. The van der Waals surface area contributed by atoms with Gasteiger partial charge in [0.25, 0.3) is 5.88 Å². The van der Waals surface area contributed by atoms with Gasteiger partial charge in [-0.2, -0.15) is 4.98 Å². The first-order valence-corrected chi connectivity index (χ1v) is 6.74. The SMILES string of the molecule is COc1nc(N(C)CCN2CCCC2)ccc1[N+](=O)[O-]. The topological polar surface area (TPSA) is 71.7 Å². The van der Waals surface area contributed by atoms with Gasteiger partial charge < -0.3 is 14.5 Å². The van der Waals surface area contributed by atoms with E-state index in [0.29, 0.717) is 5.82 Å². The molecule has 7 heteroatoms. The van der Waals surface area contributed by atoms with E-state index in [1.807, 2.05) is 11.9 Å². The van der Waals surface area contributed by atoms with E-state index in [-0.39, 0.29) is 11.6 Å². The molecule has 110 valence electrons. The zero-order valence-electron chi connectivity index (χ0n) is 11.9. The van der Waals surface area contributed by atoms with E-state index in [9.17, 15) is 10.1 Å². The Morgan fingerprint density at radius 1 is 1.45 bits per heavy atom. The Bertz CT molecular complexity index is 475. The van der Waals surface area contributed by atoms with Gasteiger partial charge in [0.2, 0.25) is 0 Å². The van der Waals surface area contributed by atoms with Gasteiger partial charge >= 0.3 is 5.69 Å². The fourth-order valence-electron chi connectivity index (χ4n) is 2.34. The summed E-state index contributed by atoms with van der Waals surface area (Å²) in [6, 6.07) is 3.10. The zero-order valence-corrected chi connectivity index (χ0v) is 11.9. The molecular formula is C13H20N4O3. The average Bonchev–Trinajstić information content (AvgIpc) is 2.97. The van der Waals surface area contributed by atoms with Crippen LogP contribution in [0, 0.1) is 10.1 Å². The number of likely N-dealkylation sites (tertiary alicyclic amines) is 1. The van der Waals surface area contributed by atoms with Crippen LogP contribution in [0.15, 0.2) is 12.1 Å². The molecule has 20 heavy (non-hydrogen) atoms. The molecule has 1 aromatic heterocycles. The number of likely N-dealkylation sites (N-methyl/N-ethyl adjacent to an activating group) is 1. The van der Waals surface area contributed by atoms with Crippen LogP contribution in [0.1, 0.15) is 12.8 Å². The van der Waals surface area contributed by atoms with Crippen molar-refractivity contribution in [1.29, 1.82) is 0 Å². The minimum absolute atomic E-state index is 0.0560. The molecule has 1 aliphatic rings. The molecule has 1 aliphatic heterocycles. The predicted octanol–water partition coefficient (Wildman–Crippen LogP) is 1.53. The Hall–Kier alpha value is -1.89. The van der Waals surface area contributed by atoms with Crippen LogP contribution in [-0.2, 0) is 0 Å². The number of ether oxygens (including phenoxy) is 1. The summed E-state index contributed by atoms with van der Waals surface area (Å²) in [5.41, 5.74) is -0.107. The van der Waals surface area contributed by atoms with Crippen molar-refractivity contribution in [3.05, 3.63) is 22.2 Å². The minimum atomic E-state index is -0.486. The molecule has 2 heterocycles. The van der Waals surface area contributed by atoms with Gasteiger partial charge in [-0.05, 0) is 32.0 Å². The summed E-state index contributed by atoms with van der Waals surface area (Å²) in [6.07, 6.45) is 2.54. The summed E-state index contributed by atoms with van der Waals surface area (Å²) >= 11 is 0. The Morgan fingerprint density at radius 2 is 2.15 bits per heavy atom. The van der Waals surface area contributed by atoms with Crippen LogP contribution in [0.2, 0.25) is 0 Å². The highest BCUT2D eigenvalue weighted by atomic mass is 16.6. The maximum Gasteiger partial charge on any atom is 0.331 e. The average molecular weight is 280 g/mol. The molecule has 0 aliphatic carbocycles. The summed E-state index contributed by atoms with van der Waals surface area (Å²) < 4.78 is 4.99. The summed E-state index contributed by atoms with van der Waals surface area (Å²) in [5.74, 6) is 0.743. The van der Waals surface area contributed by atoms with E-state index < -0.39 is 4.92 Å². The van der Waals surface area contributed by atoms with Crippen molar-refractivity contribution >= 4 is 11.5 Å². The normalized spacial score (nSPS) is 15.3. The highest BCUT2D eigenvalue weighted by Gasteiger charge is 2.18. The molecule has 0 spiro atoms. The van der Waals surface area contributed by atoms with Crippen molar-refractivity contribution in [3.63, 3.8) is 0 Å². The molecule has 0 radical (unpaired) electrons. The molecule has 0 bridgehead atoms. The third-order valence-corrected chi connectivity index (χ3v) is 3.56. The van der Waals surface area contributed by atoms with Crippen molar-refractivity contribution in [2.75, 3.05) is 45.2 Å². The standard InChI is InChI=1S/C13H20N4O3/c1-15(9-10-16-7-3-4-8-16)12-6-5-11(17(18)19)13(14-12)20-2/h5-6H,3-4,7-10H2,1-2H3. The van der Waals surface area contributed by atoms with E-state index in [1.54, 1.807) is 6.07 Å². The van der Waals surface area contributed by atoms with Crippen LogP contribution in [0.3, 0.4) is 0 Å². The molecule has 1 saturated heterocycles.